The molecule has 0 radical (unpaired) electrons. The van der Waals surface area contributed by atoms with Crippen molar-refractivity contribution in [2.24, 2.45) is 0 Å². The molecule has 234 valence electrons. The van der Waals surface area contributed by atoms with Gasteiger partial charge in [0.1, 0.15) is 6.54 Å². The number of benzene rings is 3. The Morgan fingerprint density at radius 3 is 2.42 bits per heavy atom. The fraction of sp³-hybridized carbons (Fsp3) is 0.405. The third kappa shape index (κ3) is 5.05. The van der Waals surface area contributed by atoms with Crippen molar-refractivity contribution in [1.82, 2.24) is 19.7 Å². The van der Waals surface area contributed by atoms with E-state index >= 15 is 0 Å². The second-order valence-corrected chi connectivity index (χ2v) is 13.1. The van der Waals surface area contributed by atoms with Gasteiger partial charge in [0.05, 0.1) is 18.9 Å². The number of aromatic amines is 1. The summed E-state index contributed by atoms with van der Waals surface area (Å²) in [5.74, 6) is 1.20. The number of amides is 2. The monoisotopic (exact) mass is 606 g/mol. The summed E-state index contributed by atoms with van der Waals surface area (Å²) in [6, 6.07) is 24.8. The zero-order chi connectivity index (χ0) is 31.3. The summed E-state index contributed by atoms with van der Waals surface area (Å²) in [6.45, 7) is 9.15. The lowest BCUT2D eigenvalue weighted by atomic mass is 9.76. The van der Waals surface area contributed by atoms with Gasteiger partial charge in [-0.15, -0.1) is 0 Å². The number of rotatable bonds is 7. The number of H-pyrrole nitrogens is 1. The van der Waals surface area contributed by atoms with Crippen molar-refractivity contribution in [2.75, 3.05) is 33.3 Å². The first-order chi connectivity index (χ1) is 21.8. The zero-order valence-corrected chi connectivity index (χ0v) is 26.6. The number of piperidine rings is 1. The highest BCUT2D eigenvalue weighted by Gasteiger charge is 2.57. The number of carbonyl (C=O) groups excluding carboxylic acids is 2. The fourth-order valence-electron chi connectivity index (χ4n) is 7.71. The molecule has 3 aliphatic heterocycles. The van der Waals surface area contributed by atoms with E-state index in [0.717, 1.165) is 60.2 Å². The Morgan fingerprint density at radius 1 is 0.956 bits per heavy atom. The molecular weight excluding hydrogens is 564 g/mol. The highest BCUT2D eigenvalue weighted by molar-refractivity contribution is 6.01. The number of hydrogen-bond donors (Lipinski definition) is 1. The number of piperazine rings is 1. The number of aromatic nitrogens is 1. The molecule has 4 heterocycles. The van der Waals surface area contributed by atoms with Gasteiger partial charge in [-0.3, -0.25) is 14.5 Å². The molecule has 8 nitrogen and oxygen atoms in total. The number of hydrogen-bond acceptors (Lipinski definition) is 5. The lowest BCUT2D eigenvalue weighted by Gasteiger charge is -2.53. The lowest BCUT2D eigenvalue weighted by molar-refractivity contribution is -0.169. The molecule has 3 aromatic carbocycles. The molecule has 1 N–H and O–H groups in total. The predicted molar refractivity (Wildman–Crippen MR) is 174 cm³/mol. The summed E-state index contributed by atoms with van der Waals surface area (Å²) in [6.07, 6.45) is 1.72. The van der Waals surface area contributed by atoms with Gasteiger partial charge in [-0.2, -0.15) is 0 Å². The summed E-state index contributed by atoms with van der Waals surface area (Å²) in [5.41, 5.74) is 4.05. The van der Waals surface area contributed by atoms with Crippen LogP contribution in [0.3, 0.4) is 0 Å². The number of para-hydroxylation sites is 1. The van der Waals surface area contributed by atoms with E-state index in [2.05, 4.69) is 46.3 Å². The molecule has 3 aliphatic rings. The molecule has 0 saturated carbocycles. The van der Waals surface area contributed by atoms with Crippen molar-refractivity contribution in [3.63, 3.8) is 0 Å². The molecule has 2 fully saturated rings. The number of likely N-dealkylation sites (tertiary alicyclic amines) is 1. The maximum atomic E-state index is 14.7. The molecule has 0 aliphatic carbocycles. The van der Waals surface area contributed by atoms with Crippen molar-refractivity contribution < 1.29 is 19.1 Å². The average Bonchev–Trinajstić information content (AvgIpc) is 3.45. The van der Waals surface area contributed by atoms with Crippen LogP contribution in [0, 0.1) is 0 Å². The lowest BCUT2D eigenvalue weighted by Crippen LogP contribution is -2.69. The van der Waals surface area contributed by atoms with Crippen molar-refractivity contribution in [3.8, 4) is 11.5 Å². The van der Waals surface area contributed by atoms with Crippen LogP contribution in [-0.2, 0) is 21.7 Å². The van der Waals surface area contributed by atoms with E-state index in [0.29, 0.717) is 18.0 Å². The first-order valence-corrected chi connectivity index (χ1v) is 16.1. The molecule has 4 aromatic rings. The normalized spacial score (nSPS) is 22.6. The minimum Gasteiger partial charge on any atom is -0.493 e. The maximum absolute atomic E-state index is 14.7. The third-order valence-corrected chi connectivity index (χ3v) is 9.97. The molecule has 0 spiro atoms. The van der Waals surface area contributed by atoms with Crippen LogP contribution in [0.4, 0.5) is 0 Å². The number of nitrogens with zero attached hydrogens (tertiary/aromatic N) is 3. The smallest absolute Gasteiger partial charge is 0.255 e. The van der Waals surface area contributed by atoms with Crippen molar-refractivity contribution in [1.29, 1.82) is 0 Å². The molecular formula is C37H42N4O4. The van der Waals surface area contributed by atoms with Gasteiger partial charge in [-0.25, -0.2) is 0 Å². The molecule has 0 unspecified atom stereocenters. The van der Waals surface area contributed by atoms with Crippen molar-refractivity contribution in [3.05, 3.63) is 95.2 Å². The van der Waals surface area contributed by atoms with Gasteiger partial charge in [-0.05, 0) is 68.5 Å². The van der Waals surface area contributed by atoms with Crippen LogP contribution < -0.4 is 9.47 Å². The van der Waals surface area contributed by atoms with Crippen LogP contribution in [0.1, 0.15) is 61.9 Å². The topological polar surface area (TPSA) is 78.1 Å². The molecule has 0 bridgehead atoms. The SMILES string of the molecule is COc1cc([C@@H]2CN3C(=O)CN(C4CCN(Cc5ccccc5)CC4)C(=O)[C@]3(C)c3[nH]c4ccccc4c32)ccc1OC(C)C. The molecule has 2 amide bonds. The minimum atomic E-state index is -1.12. The van der Waals surface area contributed by atoms with Crippen LogP contribution in [0.5, 0.6) is 11.5 Å². The van der Waals surface area contributed by atoms with E-state index < -0.39 is 5.54 Å². The van der Waals surface area contributed by atoms with E-state index in [4.69, 9.17) is 9.47 Å². The Labute approximate surface area is 264 Å². The minimum absolute atomic E-state index is 0.00753. The Kier molecular flexibility index (Phi) is 7.56. The average molecular weight is 607 g/mol. The highest BCUT2D eigenvalue weighted by Crippen LogP contribution is 2.49. The largest absolute Gasteiger partial charge is 0.493 e. The summed E-state index contributed by atoms with van der Waals surface area (Å²) in [4.78, 5) is 38.6. The van der Waals surface area contributed by atoms with Gasteiger partial charge < -0.3 is 24.3 Å². The predicted octanol–water partition coefficient (Wildman–Crippen LogP) is 5.66. The summed E-state index contributed by atoms with van der Waals surface area (Å²) in [5, 5.41) is 1.08. The Hall–Kier alpha value is -4.30. The summed E-state index contributed by atoms with van der Waals surface area (Å²) >= 11 is 0. The Morgan fingerprint density at radius 2 is 1.69 bits per heavy atom. The summed E-state index contributed by atoms with van der Waals surface area (Å²) < 4.78 is 11.7. The van der Waals surface area contributed by atoms with Gasteiger partial charge >= 0.3 is 0 Å². The van der Waals surface area contributed by atoms with Gasteiger partial charge in [0, 0.05) is 49.0 Å². The highest BCUT2D eigenvalue weighted by atomic mass is 16.5. The van der Waals surface area contributed by atoms with E-state index in [9.17, 15) is 9.59 Å². The van der Waals surface area contributed by atoms with Crippen LogP contribution in [0.2, 0.25) is 0 Å². The standard InChI is InChI=1S/C37H42N4O4/c1-24(2)45-31-15-14-26(20-32(31)44-4)29-22-41-33(42)23-40(27-16-18-39(19-17-27)21-25-10-6-5-7-11-25)36(43)37(41,3)35-34(29)28-12-8-9-13-30(28)38-35/h5-15,20,24,27,29,38H,16-19,21-23H2,1-4H3/t29-,37-/m0/s1. The second-order valence-electron chi connectivity index (χ2n) is 13.1. The Balaban J connectivity index is 1.22. The van der Waals surface area contributed by atoms with Crippen LogP contribution in [0.25, 0.3) is 10.9 Å². The van der Waals surface area contributed by atoms with Crippen LogP contribution in [-0.4, -0.2) is 76.9 Å². The maximum Gasteiger partial charge on any atom is 0.255 e. The van der Waals surface area contributed by atoms with Crippen LogP contribution >= 0.6 is 0 Å². The van der Waals surface area contributed by atoms with Crippen LogP contribution in [0.15, 0.2) is 72.8 Å². The first-order valence-electron chi connectivity index (χ1n) is 16.1. The van der Waals surface area contributed by atoms with Crippen molar-refractivity contribution >= 4 is 22.7 Å². The molecule has 2 atom stereocenters. The molecule has 1 aromatic heterocycles. The molecule has 7 rings (SSSR count). The second kappa shape index (κ2) is 11.6. The quantitative estimate of drug-likeness (QED) is 0.294. The first kappa shape index (κ1) is 29.4. The van der Waals surface area contributed by atoms with E-state index in [-0.39, 0.29) is 36.4 Å². The molecule has 2 saturated heterocycles. The van der Waals surface area contributed by atoms with Gasteiger partial charge in [-0.1, -0.05) is 54.6 Å². The zero-order valence-electron chi connectivity index (χ0n) is 26.6. The van der Waals surface area contributed by atoms with E-state index in [1.54, 1.807) is 7.11 Å². The Bertz CT molecular complexity index is 1730. The van der Waals surface area contributed by atoms with Gasteiger partial charge in [0.2, 0.25) is 5.91 Å². The van der Waals surface area contributed by atoms with Crippen molar-refractivity contribution in [2.45, 2.75) is 63.8 Å². The van der Waals surface area contributed by atoms with E-state index in [1.165, 1.54) is 5.56 Å². The summed E-state index contributed by atoms with van der Waals surface area (Å²) in [7, 11) is 1.65. The van der Waals surface area contributed by atoms with E-state index in [1.807, 2.05) is 67.0 Å². The molecule has 8 heteroatoms. The number of carbonyl (C=O) groups is 2. The van der Waals surface area contributed by atoms with Gasteiger partial charge in [0.15, 0.2) is 17.0 Å². The molecule has 45 heavy (non-hydrogen) atoms. The third-order valence-electron chi connectivity index (χ3n) is 9.97. The fourth-order valence-corrected chi connectivity index (χ4v) is 7.71. The number of methoxy groups -OCH3 is 1. The van der Waals surface area contributed by atoms with Gasteiger partial charge in [0.25, 0.3) is 5.91 Å². The number of fused-ring (bicyclic) bond motifs is 5. The number of ether oxygens (including phenoxy) is 2. The number of nitrogens with one attached hydrogen (secondary N) is 1.